The van der Waals surface area contributed by atoms with E-state index in [4.69, 9.17) is 4.74 Å². The molecule has 0 saturated heterocycles. The Morgan fingerprint density at radius 2 is 1.73 bits per heavy atom. The predicted octanol–water partition coefficient (Wildman–Crippen LogP) is 5.73. The highest BCUT2D eigenvalue weighted by atomic mass is 16.5. The van der Waals surface area contributed by atoms with E-state index in [1.165, 1.54) is 43.2 Å². The molecular weight excluding hydrogens is 462 g/mol. The average Bonchev–Trinajstić information content (AvgIpc) is 3.53. The number of aryl methyl sites for hydroxylation is 1. The molecule has 5 nitrogen and oxygen atoms in total. The number of carboxylic acid groups (broad SMARTS) is 1. The Balaban J connectivity index is 1.14. The summed E-state index contributed by atoms with van der Waals surface area (Å²) < 4.78 is 6.12. The first-order valence-corrected chi connectivity index (χ1v) is 13.4. The van der Waals surface area contributed by atoms with Crippen LogP contribution < -0.4 is 5.32 Å². The topological polar surface area (TPSA) is 78.8 Å². The Morgan fingerprint density at radius 1 is 1.05 bits per heavy atom. The Morgan fingerprint density at radius 3 is 2.38 bits per heavy atom. The van der Waals surface area contributed by atoms with Crippen LogP contribution >= 0.6 is 0 Å². The number of aromatic carboxylic acids is 1. The van der Waals surface area contributed by atoms with Gasteiger partial charge in [-0.25, -0.2) is 4.79 Å². The van der Waals surface area contributed by atoms with Gasteiger partial charge in [0.2, 0.25) is 0 Å². The molecule has 194 valence electrons. The lowest BCUT2D eigenvalue weighted by Crippen LogP contribution is -2.40. The van der Waals surface area contributed by atoms with E-state index in [2.05, 4.69) is 29.6 Å². The van der Waals surface area contributed by atoms with Gasteiger partial charge in [0.25, 0.3) is 0 Å². The van der Waals surface area contributed by atoms with E-state index in [1.54, 1.807) is 6.07 Å². The van der Waals surface area contributed by atoms with E-state index in [9.17, 15) is 15.0 Å². The van der Waals surface area contributed by atoms with Gasteiger partial charge in [-0.3, -0.25) is 0 Å². The summed E-state index contributed by atoms with van der Waals surface area (Å²) in [6.45, 7) is 4.60. The largest absolute Gasteiger partial charge is 0.478 e. The van der Waals surface area contributed by atoms with Crippen molar-refractivity contribution in [3.05, 3.63) is 94.5 Å². The molecule has 0 radical (unpaired) electrons. The van der Waals surface area contributed by atoms with Crippen LogP contribution in [0.1, 0.15) is 64.9 Å². The summed E-state index contributed by atoms with van der Waals surface area (Å²) in [4.78, 5) is 11.4. The number of hydrogen-bond donors (Lipinski definition) is 3. The lowest BCUT2D eigenvalue weighted by Gasteiger charge is -2.24. The monoisotopic (exact) mass is 499 g/mol. The fourth-order valence-electron chi connectivity index (χ4n) is 5.87. The zero-order valence-corrected chi connectivity index (χ0v) is 21.7. The molecule has 0 heterocycles. The van der Waals surface area contributed by atoms with Crippen molar-refractivity contribution in [2.75, 3.05) is 13.2 Å². The third-order valence-corrected chi connectivity index (χ3v) is 8.09. The van der Waals surface area contributed by atoms with Crippen LogP contribution in [0, 0.1) is 12.8 Å². The maximum absolute atomic E-state index is 11.4. The fraction of sp³-hybridized carbons (Fsp3) is 0.406. The number of fused-ring (bicyclic) bond motifs is 1. The van der Waals surface area contributed by atoms with Gasteiger partial charge < -0.3 is 20.3 Å². The van der Waals surface area contributed by atoms with Gasteiger partial charge in [0.05, 0.1) is 24.4 Å². The minimum Gasteiger partial charge on any atom is -0.478 e. The van der Waals surface area contributed by atoms with Crippen LogP contribution in [0.2, 0.25) is 0 Å². The van der Waals surface area contributed by atoms with Crippen LogP contribution in [-0.4, -0.2) is 41.0 Å². The molecule has 37 heavy (non-hydrogen) atoms. The minimum absolute atomic E-state index is 0.172. The number of carbonyl (C=O) groups is 1. The van der Waals surface area contributed by atoms with Crippen LogP contribution in [0.15, 0.2) is 66.7 Å². The zero-order valence-electron chi connectivity index (χ0n) is 21.7. The normalized spacial score (nSPS) is 17.8. The first-order valence-electron chi connectivity index (χ1n) is 13.4. The van der Waals surface area contributed by atoms with E-state index in [0.717, 1.165) is 22.3 Å². The number of ether oxygens (including phenoxy) is 1. The maximum atomic E-state index is 11.4. The average molecular weight is 500 g/mol. The standard InChI is InChI=1S/C32H37NO4/c1-21-15-26(11-12-28(21)31(35)36)30-10-6-5-9-29(30)22(2)37-20-27(34)19-33-32(13-14-32)18-23-16-24-7-3-4-8-25(24)17-23/h3-12,15,22-23,27,33-34H,13-14,16-20H2,1-2H3,(H,35,36)/t22-,27+/m1/s1. The molecular formula is C32H37NO4. The molecule has 3 aromatic rings. The molecule has 0 aliphatic heterocycles. The van der Waals surface area contributed by atoms with Crippen molar-refractivity contribution >= 4 is 5.97 Å². The van der Waals surface area contributed by atoms with Crippen LogP contribution in [0.25, 0.3) is 11.1 Å². The lowest BCUT2D eigenvalue weighted by molar-refractivity contribution is -0.00329. The molecule has 0 bridgehead atoms. The molecule has 3 N–H and O–H groups in total. The van der Waals surface area contributed by atoms with Gasteiger partial charge >= 0.3 is 5.97 Å². The Kier molecular flexibility index (Phi) is 7.47. The van der Waals surface area contributed by atoms with E-state index in [0.29, 0.717) is 18.0 Å². The summed E-state index contributed by atoms with van der Waals surface area (Å²) in [6.07, 6.45) is 5.07. The number of carboxylic acids is 1. The van der Waals surface area contributed by atoms with Crippen molar-refractivity contribution in [1.82, 2.24) is 5.32 Å². The van der Waals surface area contributed by atoms with E-state index >= 15 is 0 Å². The summed E-state index contributed by atoms with van der Waals surface area (Å²) >= 11 is 0. The number of aliphatic hydroxyl groups excluding tert-OH is 1. The Hall–Kier alpha value is -2.99. The molecule has 1 fully saturated rings. The second-order valence-corrected chi connectivity index (χ2v) is 11.0. The first kappa shape index (κ1) is 25.7. The molecule has 0 aromatic heterocycles. The van der Waals surface area contributed by atoms with Crippen molar-refractivity contribution < 1.29 is 19.7 Å². The van der Waals surface area contributed by atoms with E-state index in [-0.39, 0.29) is 18.2 Å². The minimum atomic E-state index is -0.919. The van der Waals surface area contributed by atoms with Crippen LogP contribution in [0.5, 0.6) is 0 Å². The van der Waals surface area contributed by atoms with Crippen molar-refractivity contribution in [1.29, 1.82) is 0 Å². The number of β-amino-alcohol motifs (C(OH)–C–C–N with tert-alkyl or cyclic N) is 1. The molecule has 0 unspecified atom stereocenters. The van der Waals surface area contributed by atoms with Crippen LogP contribution in [-0.2, 0) is 17.6 Å². The molecule has 3 aromatic carbocycles. The zero-order chi connectivity index (χ0) is 26.0. The number of aliphatic hydroxyl groups is 1. The summed E-state index contributed by atoms with van der Waals surface area (Å²) in [5, 5.41) is 23.7. The first-order chi connectivity index (χ1) is 17.8. The van der Waals surface area contributed by atoms with Crippen molar-refractivity contribution in [3.63, 3.8) is 0 Å². The van der Waals surface area contributed by atoms with Gasteiger partial charge in [-0.2, -0.15) is 0 Å². The van der Waals surface area contributed by atoms with E-state index < -0.39 is 12.1 Å². The van der Waals surface area contributed by atoms with Crippen LogP contribution in [0.3, 0.4) is 0 Å². The molecule has 1 saturated carbocycles. The highest BCUT2D eigenvalue weighted by Gasteiger charge is 2.44. The quantitative estimate of drug-likeness (QED) is 0.314. The van der Waals surface area contributed by atoms with E-state index in [1.807, 2.05) is 50.2 Å². The Bertz CT molecular complexity index is 1240. The maximum Gasteiger partial charge on any atom is 0.335 e. The lowest BCUT2D eigenvalue weighted by atomic mass is 9.94. The SMILES string of the molecule is Cc1cc(-c2ccccc2[C@@H](C)OC[C@@H](O)CNC2(CC3Cc4ccccc4C3)CC2)ccc1C(=O)O. The smallest absolute Gasteiger partial charge is 0.335 e. The van der Waals surface area contributed by atoms with Gasteiger partial charge in [-0.1, -0.05) is 60.7 Å². The van der Waals surface area contributed by atoms with Crippen molar-refractivity contribution in [2.45, 2.75) is 63.7 Å². The molecule has 2 aliphatic carbocycles. The van der Waals surface area contributed by atoms with Gasteiger partial charge in [0, 0.05) is 12.1 Å². The molecule has 2 aliphatic rings. The van der Waals surface area contributed by atoms with Crippen molar-refractivity contribution in [2.24, 2.45) is 5.92 Å². The van der Waals surface area contributed by atoms with Gasteiger partial charge in [-0.05, 0) is 91.3 Å². The summed E-state index contributed by atoms with van der Waals surface area (Å²) in [7, 11) is 0. The third kappa shape index (κ3) is 5.96. The van der Waals surface area contributed by atoms with Gasteiger partial charge in [-0.15, -0.1) is 0 Å². The molecule has 2 atom stereocenters. The van der Waals surface area contributed by atoms with Gasteiger partial charge in [0.1, 0.15) is 0 Å². The molecule has 5 rings (SSSR count). The molecule has 0 spiro atoms. The highest BCUT2D eigenvalue weighted by molar-refractivity contribution is 5.90. The fourth-order valence-corrected chi connectivity index (χ4v) is 5.87. The summed E-state index contributed by atoms with van der Waals surface area (Å²) in [5.74, 6) is -0.233. The van der Waals surface area contributed by atoms with Crippen LogP contribution in [0.4, 0.5) is 0 Å². The molecule has 0 amide bonds. The van der Waals surface area contributed by atoms with Crippen molar-refractivity contribution in [3.8, 4) is 11.1 Å². The Labute approximate surface area is 219 Å². The summed E-state index contributed by atoms with van der Waals surface area (Å²) in [5.41, 5.74) is 7.20. The number of benzene rings is 3. The second kappa shape index (κ2) is 10.8. The number of hydrogen-bond acceptors (Lipinski definition) is 4. The number of nitrogens with one attached hydrogen (secondary N) is 1. The highest BCUT2D eigenvalue weighted by Crippen LogP contribution is 2.44. The van der Waals surface area contributed by atoms with Gasteiger partial charge in [0.15, 0.2) is 0 Å². The number of rotatable bonds is 11. The summed E-state index contributed by atoms with van der Waals surface area (Å²) in [6, 6.07) is 22.2. The third-order valence-electron chi connectivity index (χ3n) is 8.09. The second-order valence-electron chi connectivity index (χ2n) is 11.0. The predicted molar refractivity (Wildman–Crippen MR) is 146 cm³/mol. The molecule has 5 heteroatoms.